The molecule has 0 spiro atoms. The molecule has 0 fully saturated rings. The molecule has 0 aliphatic heterocycles. The van der Waals surface area contributed by atoms with Gasteiger partial charge in [0.05, 0.1) is 0 Å². The molecule has 0 radical (unpaired) electrons. The van der Waals surface area contributed by atoms with Gasteiger partial charge < -0.3 is 14.2 Å². The second-order valence-corrected chi connectivity index (χ2v) is 18.8. The molecule has 0 saturated heterocycles. The van der Waals surface area contributed by atoms with E-state index in [0.29, 0.717) is 19.3 Å². The zero-order valence-corrected chi connectivity index (χ0v) is 45.0. The van der Waals surface area contributed by atoms with Crippen LogP contribution < -0.4 is 0 Å². The molecular weight excluding hydrogens is 853 g/mol. The van der Waals surface area contributed by atoms with E-state index in [1.54, 1.807) is 0 Å². The number of allylic oxidation sites excluding steroid dienone is 16. The van der Waals surface area contributed by atoms with Crippen molar-refractivity contribution in [2.75, 3.05) is 13.2 Å². The van der Waals surface area contributed by atoms with Crippen LogP contribution in [0, 0.1) is 0 Å². The lowest BCUT2D eigenvalue weighted by Gasteiger charge is -2.18. The van der Waals surface area contributed by atoms with Gasteiger partial charge in [0.25, 0.3) is 0 Å². The monoisotopic (exact) mass is 959 g/mol. The van der Waals surface area contributed by atoms with Gasteiger partial charge in [-0.05, 0) is 96.3 Å². The van der Waals surface area contributed by atoms with E-state index in [-0.39, 0.29) is 37.5 Å². The number of hydrogen-bond acceptors (Lipinski definition) is 6. The maximum atomic E-state index is 12.7. The topological polar surface area (TPSA) is 78.9 Å². The lowest BCUT2D eigenvalue weighted by atomic mass is 10.0. The lowest BCUT2D eigenvalue weighted by molar-refractivity contribution is -0.167. The molecule has 0 bridgehead atoms. The lowest BCUT2D eigenvalue weighted by Crippen LogP contribution is -2.30. The smallest absolute Gasteiger partial charge is 0.306 e. The Balaban J connectivity index is 4.09. The van der Waals surface area contributed by atoms with Gasteiger partial charge in [-0.3, -0.25) is 14.4 Å². The highest BCUT2D eigenvalue weighted by atomic mass is 16.6. The van der Waals surface area contributed by atoms with Crippen LogP contribution in [-0.2, 0) is 28.6 Å². The van der Waals surface area contributed by atoms with E-state index in [9.17, 15) is 14.4 Å². The second-order valence-electron chi connectivity index (χ2n) is 18.8. The third-order valence-electron chi connectivity index (χ3n) is 12.1. The Hall–Kier alpha value is -3.67. The minimum absolute atomic E-state index is 0.100. The third kappa shape index (κ3) is 55.1. The number of carbonyl (C=O) groups is 3. The number of unbranched alkanes of at least 4 members (excludes halogenated alkanes) is 24. The molecule has 0 heterocycles. The number of ether oxygens (including phenoxy) is 3. The van der Waals surface area contributed by atoms with Crippen molar-refractivity contribution in [1.29, 1.82) is 0 Å². The molecule has 0 aromatic carbocycles. The first-order valence-electron chi connectivity index (χ1n) is 28.7. The Morgan fingerprint density at radius 3 is 0.928 bits per heavy atom. The summed E-state index contributed by atoms with van der Waals surface area (Å²) in [5, 5.41) is 0. The summed E-state index contributed by atoms with van der Waals surface area (Å²) in [5.41, 5.74) is 0. The van der Waals surface area contributed by atoms with Crippen LogP contribution in [0.4, 0.5) is 0 Å². The highest BCUT2D eigenvalue weighted by Crippen LogP contribution is 2.15. The molecule has 0 rings (SSSR count). The fraction of sp³-hybridized carbons (Fsp3) is 0.698. The van der Waals surface area contributed by atoms with Gasteiger partial charge in [-0.2, -0.15) is 0 Å². The van der Waals surface area contributed by atoms with Gasteiger partial charge in [0.1, 0.15) is 13.2 Å². The van der Waals surface area contributed by atoms with Crippen molar-refractivity contribution in [3.8, 4) is 0 Å². The molecule has 0 aliphatic carbocycles. The quantitative estimate of drug-likeness (QED) is 0.0262. The molecule has 1 atom stereocenters. The van der Waals surface area contributed by atoms with E-state index in [2.05, 4.69) is 118 Å². The summed E-state index contributed by atoms with van der Waals surface area (Å²) >= 11 is 0. The van der Waals surface area contributed by atoms with Gasteiger partial charge in [0.15, 0.2) is 6.10 Å². The minimum Gasteiger partial charge on any atom is -0.462 e. The standard InChI is InChI=1S/C63H106O6/c1-4-7-10-13-15-17-19-21-23-25-26-27-28-29-30-31-32-33-34-35-36-38-39-41-43-45-47-50-53-56-62(65)68-59-60(58-67-61(64)55-52-49-12-9-6-3)69-63(66)57-54-51-48-46-44-42-40-37-24-22-20-18-16-14-11-8-5-2/h8,11,16,18-19,21-22,24-26,28-29,40,42,46,48,60H,4-7,9-10,12-15,17,20,23,27,30-39,41,43-45,47,49-59H2,1-3H3/b11-8-,18-16-,21-19-,24-22-,26-25-,29-28-,42-40-,48-46-. The van der Waals surface area contributed by atoms with E-state index in [0.717, 1.165) is 103 Å². The van der Waals surface area contributed by atoms with Crippen molar-refractivity contribution >= 4 is 17.9 Å². The Morgan fingerprint density at radius 1 is 0.304 bits per heavy atom. The maximum Gasteiger partial charge on any atom is 0.306 e. The van der Waals surface area contributed by atoms with Crippen LogP contribution in [0.2, 0.25) is 0 Å². The first-order valence-corrected chi connectivity index (χ1v) is 28.7. The third-order valence-corrected chi connectivity index (χ3v) is 12.1. The van der Waals surface area contributed by atoms with Crippen molar-refractivity contribution in [2.24, 2.45) is 0 Å². The highest BCUT2D eigenvalue weighted by molar-refractivity contribution is 5.71. The Morgan fingerprint density at radius 2 is 0.580 bits per heavy atom. The SMILES string of the molecule is CC/C=C\C/C=C\C/C=C\C/C=C\C/C=C\CCCC(=O)OC(COC(=O)CCCCCCC)COC(=O)CCCCCCCCCCCCCCCC/C=C\C/C=C\C/C=C\CCCCCCC. The molecule has 6 heteroatoms. The van der Waals surface area contributed by atoms with Crippen molar-refractivity contribution in [3.63, 3.8) is 0 Å². The van der Waals surface area contributed by atoms with Crippen molar-refractivity contribution in [1.82, 2.24) is 0 Å². The summed E-state index contributed by atoms with van der Waals surface area (Å²) in [6.07, 6.45) is 76.0. The van der Waals surface area contributed by atoms with Gasteiger partial charge in [0, 0.05) is 19.3 Å². The highest BCUT2D eigenvalue weighted by Gasteiger charge is 2.19. The van der Waals surface area contributed by atoms with Crippen molar-refractivity contribution in [3.05, 3.63) is 97.2 Å². The number of carbonyl (C=O) groups excluding carboxylic acids is 3. The molecule has 6 nitrogen and oxygen atoms in total. The Bertz CT molecular complexity index is 1380. The maximum absolute atomic E-state index is 12.7. The molecule has 394 valence electrons. The van der Waals surface area contributed by atoms with Crippen LogP contribution >= 0.6 is 0 Å². The van der Waals surface area contributed by atoms with Gasteiger partial charge >= 0.3 is 17.9 Å². The molecule has 0 N–H and O–H groups in total. The zero-order valence-electron chi connectivity index (χ0n) is 45.0. The summed E-state index contributed by atoms with van der Waals surface area (Å²) in [6, 6.07) is 0. The van der Waals surface area contributed by atoms with Crippen molar-refractivity contribution < 1.29 is 28.6 Å². The largest absolute Gasteiger partial charge is 0.462 e. The molecule has 0 aliphatic rings. The first kappa shape index (κ1) is 65.3. The molecule has 0 aromatic heterocycles. The zero-order chi connectivity index (χ0) is 50.0. The molecule has 0 saturated carbocycles. The Kier molecular flexibility index (Phi) is 53.9. The predicted molar refractivity (Wildman–Crippen MR) is 297 cm³/mol. The molecule has 0 aromatic rings. The summed E-state index contributed by atoms with van der Waals surface area (Å²) in [7, 11) is 0. The van der Waals surface area contributed by atoms with Gasteiger partial charge in [-0.1, -0.05) is 246 Å². The average molecular weight is 960 g/mol. The van der Waals surface area contributed by atoms with E-state index in [1.165, 1.54) is 116 Å². The first-order chi connectivity index (χ1) is 34.0. The normalized spacial score (nSPS) is 12.8. The second kappa shape index (κ2) is 56.9. The van der Waals surface area contributed by atoms with Gasteiger partial charge in [-0.15, -0.1) is 0 Å². The van der Waals surface area contributed by atoms with Crippen LogP contribution in [0.5, 0.6) is 0 Å². The fourth-order valence-electron chi connectivity index (χ4n) is 7.78. The molecule has 69 heavy (non-hydrogen) atoms. The summed E-state index contributed by atoms with van der Waals surface area (Å²) in [5.74, 6) is -0.974. The Labute approximate surface area is 426 Å². The van der Waals surface area contributed by atoms with E-state index in [4.69, 9.17) is 14.2 Å². The predicted octanol–water partition coefficient (Wildman–Crippen LogP) is 19.3. The summed E-state index contributed by atoms with van der Waals surface area (Å²) in [4.78, 5) is 37.7. The minimum atomic E-state index is -0.804. The number of esters is 3. The fourth-order valence-corrected chi connectivity index (χ4v) is 7.78. The van der Waals surface area contributed by atoms with Gasteiger partial charge in [-0.25, -0.2) is 0 Å². The van der Waals surface area contributed by atoms with Crippen LogP contribution in [0.1, 0.15) is 265 Å². The van der Waals surface area contributed by atoms with E-state index >= 15 is 0 Å². The van der Waals surface area contributed by atoms with Crippen LogP contribution in [-0.4, -0.2) is 37.2 Å². The molecular formula is C63H106O6. The van der Waals surface area contributed by atoms with E-state index in [1.807, 2.05) is 0 Å². The summed E-state index contributed by atoms with van der Waals surface area (Å²) < 4.78 is 16.6. The molecule has 0 amide bonds. The summed E-state index contributed by atoms with van der Waals surface area (Å²) in [6.45, 7) is 6.38. The van der Waals surface area contributed by atoms with Crippen LogP contribution in [0.25, 0.3) is 0 Å². The van der Waals surface area contributed by atoms with Crippen LogP contribution in [0.15, 0.2) is 97.2 Å². The number of rotatable bonds is 51. The van der Waals surface area contributed by atoms with Crippen LogP contribution in [0.3, 0.4) is 0 Å². The van der Waals surface area contributed by atoms with Gasteiger partial charge in [0.2, 0.25) is 0 Å². The average Bonchev–Trinajstić information content (AvgIpc) is 3.35. The van der Waals surface area contributed by atoms with Crippen molar-refractivity contribution in [2.45, 2.75) is 271 Å². The molecule has 1 unspecified atom stereocenters. The number of hydrogen-bond donors (Lipinski definition) is 0. The van der Waals surface area contributed by atoms with E-state index < -0.39 is 6.10 Å².